The molecule has 0 bridgehead atoms. The Morgan fingerprint density at radius 3 is 2.36 bits per heavy atom. The lowest BCUT2D eigenvalue weighted by Crippen LogP contribution is -2.52. The van der Waals surface area contributed by atoms with E-state index in [1.165, 1.54) is 7.11 Å². The molecule has 0 radical (unpaired) electrons. The SMILES string of the molecule is COc1cc(Br)c(F)c2c1N(C(=O)OC(C)(C)C)C(C(C)(C)C)CC2. The maximum Gasteiger partial charge on any atom is 0.415 e. The summed E-state index contributed by atoms with van der Waals surface area (Å²) in [6.07, 6.45) is 0.721. The smallest absolute Gasteiger partial charge is 0.415 e. The molecule has 0 spiro atoms. The van der Waals surface area contributed by atoms with Gasteiger partial charge in [-0.25, -0.2) is 9.18 Å². The van der Waals surface area contributed by atoms with Crippen molar-refractivity contribution in [1.82, 2.24) is 0 Å². The summed E-state index contributed by atoms with van der Waals surface area (Å²) in [7, 11) is 1.52. The summed E-state index contributed by atoms with van der Waals surface area (Å²) >= 11 is 3.24. The van der Waals surface area contributed by atoms with Crippen LogP contribution in [-0.2, 0) is 11.2 Å². The Hall–Kier alpha value is -1.30. The average molecular weight is 416 g/mol. The topological polar surface area (TPSA) is 38.8 Å². The number of anilines is 1. The second kappa shape index (κ2) is 6.78. The highest BCUT2D eigenvalue weighted by Crippen LogP contribution is 2.46. The molecule has 0 aliphatic carbocycles. The van der Waals surface area contributed by atoms with Crippen molar-refractivity contribution in [3.8, 4) is 5.75 Å². The monoisotopic (exact) mass is 415 g/mol. The van der Waals surface area contributed by atoms with Crippen LogP contribution in [0, 0.1) is 11.2 Å². The van der Waals surface area contributed by atoms with E-state index < -0.39 is 11.7 Å². The molecule has 6 heteroatoms. The van der Waals surface area contributed by atoms with Crippen molar-refractivity contribution in [2.45, 2.75) is 66.0 Å². The number of carbonyl (C=O) groups is 1. The first-order valence-electron chi connectivity index (χ1n) is 8.44. The third-order valence-electron chi connectivity index (χ3n) is 4.28. The van der Waals surface area contributed by atoms with Gasteiger partial charge in [-0.3, -0.25) is 4.90 Å². The zero-order valence-corrected chi connectivity index (χ0v) is 17.6. The van der Waals surface area contributed by atoms with Crippen LogP contribution in [0.3, 0.4) is 0 Å². The van der Waals surface area contributed by atoms with Crippen molar-refractivity contribution in [1.29, 1.82) is 0 Å². The lowest BCUT2D eigenvalue weighted by molar-refractivity contribution is 0.0529. The highest BCUT2D eigenvalue weighted by atomic mass is 79.9. The number of ether oxygens (including phenoxy) is 2. The molecule has 1 aromatic rings. The van der Waals surface area contributed by atoms with E-state index in [1.807, 2.05) is 20.8 Å². The molecule has 1 amide bonds. The van der Waals surface area contributed by atoms with Crippen molar-refractivity contribution < 1.29 is 18.7 Å². The quantitative estimate of drug-likeness (QED) is 0.590. The summed E-state index contributed by atoms with van der Waals surface area (Å²) in [4.78, 5) is 14.6. The van der Waals surface area contributed by atoms with Crippen LogP contribution in [0.25, 0.3) is 0 Å². The molecule has 0 aromatic heterocycles. The molecule has 1 aliphatic heterocycles. The van der Waals surface area contributed by atoms with Crippen LogP contribution < -0.4 is 9.64 Å². The lowest BCUT2D eigenvalue weighted by atomic mass is 9.79. The first-order valence-corrected chi connectivity index (χ1v) is 9.23. The Labute approximate surface area is 157 Å². The number of hydrogen-bond donors (Lipinski definition) is 0. The Bertz CT molecular complexity index is 677. The van der Waals surface area contributed by atoms with E-state index in [0.717, 1.165) is 0 Å². The standard InChI is InChI=1S/C19H27BrFNO3/c1-18(2,3)14-9-8-11-15(21)12(20)10-13(24-7)16(11)22(14)17(23)25-19(4,5)6/h10,14H,8-9H2,1-7H3. The van der Waals surface area contributed by atoms with Gasteiger partial charge in [0.05, 0.1) is 17.3 Å². The maximum absolute atomic E-state index is 14.7. The van der Waals surface area contributed by atoms with Gasteiger partial charge in [-0.05, 0) is 61.0 Å². The molecular weight excluding hydrogens is 389 g/mol. The van der Waals surface area contributed by atoms with Gasteiger partial charge >= 0.3 is 6.09 Å². The van der Waals surface area contributed by atoms with E-state index in [4.69, 9.17) is 9.47 Å². The fraction of sp³-hybridized carbons (Fsp3) is 0.632. The zero-order valence-electron chi connectivity index (χ0n) is 16.0. The van der Waals surface area contributed by atoms with Gasteiger partial charge in [0.1, 0.15) is 17.2 Å². The molecule has 0 saturated carbocycles. The summed E-state index contributed by atoms with van der Waals surface area (Å²) in [6.45, 7) is 11.7. The first-order chi connectivity index (χ1) is 11.4. The highest BCUT2D eigenvalue weighted by molar-refractivity contribution is 9.10. The lowest BCUT2D eigenvalue weighted by Gasteiger charge is -2.44. The first kappa shape index (κ1) is 20.0. The molecule has 1 aromatic carbocycles. The van der Waals surface area contributed by atoms with Gasteiger partial charge in [-0.15, -0.1) is 0 Å². The predicted molar refractivity (Wildman–Crippen MR) is 101 cm³/mol. The van der Waals surface area contributed by atoms with Crippen molar-refractivity contribution in [3.63, 3.8) is 0 Å². The summed E-state index contributed by atoms with van der Waals surface area (Å²) in [5, 5.41) is 0. The maximum atomic E-state index is 14.7. The van der Waals surface area contributed by atoms with Gasteiger partial charge in [-0.1, -0.05) is 20.8 Å². The van der Waals surface area contributed by atoms with E-state index in [1.54, 1.807) is 11.0 Å². The van der Waals surface area contributed by atoms with E-state index in [9.17, 15) is 9.18 Å². The Balaban J connectivity index is 2.66. The number of benzene rings is 1. The summed E-state index contributed by atoms with van der Waals surface area (Å²) in [5.41, 5.74) is 0.128. The van der Waals surface area contributed by atoms with E-state index >= 15 is 0 Å². The Morgan fingerprint density at radius 1 is 1.28 bits per heavy atom. The third-order valence-corrected chi connectivity index (χ3v) is 4.86. The molecule has 1 atom stereocenters. The molecule has 1 unspecified atom stereocenters. The summed E-state index contributed by atoms with van der Waals surface area (Å²) < 4.78 is 26.2. The van der Waals surface area contributed by atoms with E-state index in [2.05, 4.69) is 36.7 Å². The fourth-order valence-electron chi connectivity index (χ4n) is 3.21. The number of methoxy groups -OCH3 is 1. The third kappa shape index (κ3) is 4.10. The van der Waals surface area contributed by atoms with Gasteiger partial charge in [-0.2, -0.15) is 0 Å². The molecule has 4 nitrogen and oxygen atoms in total. The summed E-state index contributed by atoms with van der Waals surface area (Å²) in [5.74, 6) is 0.111. The minimum absolute atomic E-state index is 0.121. The fourth-order valence-corrected chi connectivity index (χ4v) is 3.65. The number of carbonyl (C=O) groups excluding carboxylic acids is 1. The summed E-state index contributed by atoms with van der Waals surface area (Å²) in [6, 6.07) is 1.45. The number of nitrogens with zero attached hydrogens (tertiary/aromatic N) is 1. The van der Waals surface area contributed by atoms with Crippen LogP contribution in [0.15, 0.2) is 10.5 Å². The molecular formula is C19H27BrFNO3. The Kier molecular flexibility index (Phi) is 5.43. The molecule has 0 saturated heterocycles. The van der Waals surface area contributed by atoms with Crippen molar-refractivity contribution in [2.24, 2.45) is 5.41 Å². The zero-order chi connectivity index (χ0) is 19.2. The van der Waals surface area contributed by atoms with Gasteiger partial charge in [0.15, 0.2) is 0 Å². The molecule has 25 heavy (non-hydrogen) atoms. The average Bonchev–Trinajstić information content (AvgIpc) is 2.46. The van der Waals surface area contributed by atoms with Crippen molar-refractivity contribution >= 4 is 27.7 Å². The normalized spacial score (nSPS) is 18.0. The van der Waals surface area contributed by atoms with Crippen LogP contribution in [0.2, 0.25) is 0 Å². The molecule has 140 valence electrons. The molecule has 0 N–H and O–H groups in total. The number of rotatable bonds is 1. The van der Waals surface area contributed by atoms with E-state index in [0.29, 0.717) is 34.3 Å². The second-order valence-electron chi connectivity index (χ2n) is 8.47. The largest absolute Gasteiger partial charge is 0.495 e. The molecule has 2 rings (SSSR count). The second-order valence-corrected chi connectivity index (χ2v) is 9.33. The number of halogens is 2. The number of fused-ring (bicyclic) bond motifs is 1. The van der Waals surface area contributed by atoms with Gasteiger partial charge in [0, 0.05) is 11.6 Å². The minimum atomic E-state index is -0.641. The molecule has 1 heterocycles. The van der Waals surface area contributed by atoms with Crippen molar-refractivity contribution in [2.75, 3.05) is 12.0 Å². The van der Waals surface area contributed by atoms with E-state index in [-0.39, 0.29) is 17.3 Å². The van der Waals surface area contributed by atoms with Crippen LogP contribution in [0.1, 0.15) is 53.5 Å². The highest BCUT2D eigenvalue weighted by Gasteiger charge is 2.42. The van der Waals surface area contributed by atoms with Crippen LogP contribution in [-0.4, -0.2) is 24.8 Å². The van der Waals surface area contributed by atoms with Crippen LogP contribution in [0.5, 0.6) is 5.75 Å². The van der Waals surface area contributed by atoms with Gasteiger partial charge in [0.2, 0.25) is 0 Å². The Morgan fingerprint density at radius 2 is 1.88 bits per heavy atom. The molecule has 1 aliphatic rings. The van der Waals surface area contributed by atoms with Gasteiger partial charge in [0.25, 0.3) is 0 Å². The van der Waals surface area contributed by atoms with Crippen LogP contribution >= 0.6 is 15.9 Å². The minimum Gasteiger partial charge on any atom is -0.495 e. The molecule has 0 fully saturated rings. The van der Waals surface area contributed by atoms with Crippen LogP contribution in [0.4, 0.5) is 14.9 Å². The number of amides is 1. The number of hydrogen-bond acceptors (Lipinski definition) is 3. The van der Waals surface area contributed by atoms with Gasteiger partial charge < -0.3 is 9.47 Å². The predicted octanol–water partition coefficient (Wildman–Crippen LogP) is 5.70. The van der Waals surface area contributed by atoms with Crippen molar-refractivity contribution in [3.05, 3.63) is 21.9 Å².